The second-order valence-corrected chi connectivity index (χ2v) is 4.34. The number of hydrogen-bond acceptors (Lipinski definition) is 2. The van der Waals surface area contributed by atoms with E-state index < -0.39 is 0 Å². The minimum atomic E-state index is 0. The summed E-state index contributed by atoms with van der Waals surface area (Å²) >= 11 is 1.78. The van der Waals surface area contributed by atoms with E-state index in [0.29, 0.717) is 0 Å². The molecule has 0 saturated heterocycles. The minimum absolute atomic E-state index is 0. The lowest BCUT2D eigenvalue weighted by Crippen LogP contribution is -2.34. The Bertz CT molecular complexity index is 380. The fourth-order valence-electron chi connectivity index (χ4n) is 1.46. The van der Waals surface area contributed by atoms with Crippen LogP contribution in [0.3, 0.4) is 0 Å². The summed E-state index contributed by atoms with van der Waals surface area (Å²) < 4.78 is 0. The van der Waals surface area contributed by atoms with Gasteiger partial charge in [0.15, 0.2) is 5.96 Å². The smallest absolute Gasteiger partial charge is 0.190 e. The zero-order valence-corrected chi connectivity index (χ0v) is 13.8. The second-order valence-electron chi connectivity index (χ2n) is 3.49. The molecule has 0 aromatic heterocycles. The summed E-state index contributed by atoms with van der Waals surface area (Å²) in [5.41, 5.74) is 2.60. The predicted octanol–water partition coefficient (Wildman–Crippen LogP) is 2.63. The lowest BCUT2D eigenvalue weighted by molar-refractivity contribution is 0.850. The molecule has 1 rings (SSSR count). The van der Waals surface area contributed by atoms with Crippen molar-refractivity contribution >= 4 is 41.7 Å². The molecule has 0 unspecified atom stereocenters. The van der Waals surface area contributed by atoms with Gasteiger partial charge in [0.1, 0.15) is 0 Å². The molecule has 0 radical (unpaired) electrons. The van der Waals surface area contributed by atoms with Crippen molar-refractivity contribution in [3.63, 3.8) is 0 Å². The molecular formula is C12H20IN3S. The predicted molar refractivity (Wildman–Crippen MR) is 87.6 cm³/mol. The molecule has 0 spiro atoms. The molecule has 1 aromatic rings. The molecule has 0 amide bonds. The van der Waals surface area contributed by atoms with Gasteiger partial charge in [0.25, 0.3) is 0 Å². The van der Waals surface area contributed by atoms with Gasteiger partial charge in [-0.3, -0.25) is 4.99 Å². The van der Waals surface area contributed by atoms with Crippen LogP contribution in [0.4, 0.5) is 0 Å². The number of hydrogen-bond donors (Lipinski definition) is 2. The van der Waals surface area contributed by atoms with Crippen LogP contribution in [0.5, 0.6) is 0 Å². The molecule has 0 saturated carbocycles. The average Bonchev–Trinajstić information content (AvgIpc) is 2.31. The van der Waals surface area contributed by atoms with Gasteiger partial charge in [0.2, 0.25) is 0 Å². The SMILES string of the molecule is CN=C(NC)NCc1ccc(C)cc1SC.I. The van der Waals surface area contributed by atoms with Gasteiger partial charge in [-0.2, -0.15) is 0 Å². The van der Waals surface area contributed by atoms with Crippen molar-refractivity contribution in [2.75, 3.05) is 20.4 Å². The van der Waals surface area contributed by atoms with Gasteiger partial charge in [-0.05, 0) is 30.4 Å². The fourth-order valence-corrected chi connectivity index (χ4v) is 2.16. The number of aliphatic imine (C=N–C) groups is 1. The third-order valence-electron chi connectivity index (χ3n) is 2.35. The normalized spacial score (nSPS) is 10.7. The van der Waals surface area contributed by atoms with Crippen LogP contribution in [0.2, 0.25) is 0 Å². The fraction of sp³-hybridized carbons (Fsp3) is 0.417. The number of nitrogens with one attached hydrogen (secondary N) is 2. The molecule has 0 fully saturated rings. The third-order valence-corrected chi connectivity index (χ3v) is 3.17. The van der Waals surface area contributed by atoms with Crippen molar-refractivity contribution in [1.82, 2.24) is 10.6 Å². The maximum Gasteiger partial charge on any atom is 0.190 e. The van der Waals surface area contributed by atoms with E-state index in [9.17, 15) is 0 Å². The van der Waals surface area contributed by atoms with Crippen LogP contribution in [0, 0.1) is 6.92 Å². The van der Waals surface area contributed by atoms with Crippen LogP contribution >= 0.6 is 35.7 Å². The first-order valence-electron chi connectivity index (χ1n) is 5.23. The highest BCUT2D eigenvalue weighted by atomic mass is 127. The number of nitrogens with zero attached hydrogens (tertiary/aromatic N) is 1. The first-order valence-corrected chi connectivity index (χ1v) is 6.45. The zero-order valence-electron chi connectivity index (χ0n) is 10.7. The quantitative estimate of drug-likeness (QED) is 0.374. The van der Waals surface area contributed by atoms with Crippen LogP contribution in [0.1, 0.15) is 11.1 Å². The Labute approximate surface area is 125 Å². The van der Waals surface area contributed by atoms with Crippen molar-refractivity contribution in [1.29, 1.82) is 0 Å². The number of halogens is 1. The van der Waals surface area contributed by atoms with E-state index in [4.69, 9.17) is 0 Å². The summed E-state index contributed by atoms with van der Waals surface area (Å²) in [5.74, 6) is 0.813. The van der Waals surface area contributed by atoms with E-state index in [-0.39, 0.29) is 24.0 Å². The van der Waals surface area contributed by atoms with E-state index in [0.717, 1.165) is 12.5 Å². The standard InChI is InChI=1S/C12H19N3S.HI/c1-9-5-6-10(11(7-9)16-4)8-15-12(13-2)14-3;/h5-7H,8H2,1-4H3,(H2,13,14,15);1H. The van der Waals surface area contributed by atoms with Gasteiger partial charge in [-0.15, -0.1) is 35.7 Å². The maximum absolute atomic E-state index is 4.08. The van der Waals surface area contributed by atoms with Gasteiger partial charge in [-0.25, -0.2) is 0 Å². The van der Waals surface area contributed by atoms with Gasteiger partial charge >= 0.3 is 0 Å². The van der Waals surface area contributed by atoms with Crippen LogP contribution in [-0.2, 0) is 6.54 Å². The molecule has 0 aliphatic heterocycles. The van der Waals surface area contributed by atoms with Crippen molar-refractivity contribution in [2.24, 2.45) is 4.99 Å². The monoisotopic (exact) mass is 365 g/mol. The summed E-state index contributed by atoms with van der Waals surface area (Å²) in [7, 11) is 3.63. The Hall–Kier alpha value is -0.430. The largest absolute Gasteiger partial charge is 0.359 e. The number of rotatable bonds is 3. The highest BCUT2D eigenvalue weighted by Crippen LogP contribution is 2.21. The van der Waals surface area contributed by atoms with Crippen LogP contribution < -0.4 is 10.6 Å². The van der Waals surface area contributed by atoms with Crippen molar-refractivity contribution in [2.45, 2.75) is 18.4 Å². The number of thioether (sulfide) groups is 1. The van der Waals surface area contributed by atoms with Gasteiger partial charge in [-0.1, -0.05) is 12.1 Å². The molecule has 1 aromatic carbocycles. The lowest BCUT2D eigenvalue weighted by atomic mass is 10.1. The zero-order chi connectivity index (χ0) is 12.0. The Morgan fingerprint density at radius 3 is 2.65 bits per heavy atom. The van der Waals surface area contributed by atoms with Gasteiger partial charge in [0.05, 0.1) is 0 Å². The van der Waals surface area contributed by atoms with E-state index in [1.807, 2.05) is 7.05 Å². The summed E-state index contributed by atoms with van der Waals surface area (Å²) in [4.78, 5) is 5.40. The molecule has 0 heterocycles. The molecule has 2 N–H and O–H groups in total. The number of benzene rings is 1. The molecule has 0 aliphatic rings. The Morgan fingerprint density at radius 1 is 1.41 bits per heavy atom. The van der Waals surface area contributed by atoms with E-state index in [1.165, 1.54) is 16.0 Å². The summed E-state index contributed by atoms with van der Waals surface area (Å²) in [6, 6.07) is 6.51. The van der Waals surface area contributed by atoms with E-state index >= 15 is 0 Å². The molecular weight excluding hydrogens is 345 g/mol. The van der Waals surface area contributed by atoms with Crippen LogP contribution in [-0.4, -0.2) is 26.3 Å². The summed E-state index contributed by atoms with van der Waals surface area (Å²) in [6.45, 7) is 2.91. The molecule has 3 nitrogen and oxygen atoms in total. The average molecular weight is 365 g/mol. The number of guanidine groups is 1. The van der Waals surface area contributed by atoms with E-state index in [1.54, 1.807) is 18.8 Å². The van der Waals surface area contributed by atoms with Gasteiger partial charge in [0, 0.05) is 25.5 Å². The first-order chi connectivity index (χ1) is 7.71. The molecule has 0 aliphatic carbocycles. The highest BCUT2D eigenvalue weighted by Gasteiger charge is 2.02. The molecule has 17 heavy (non-hydrogen) atoms. The van der Waals surface area contributed by atoms with Gasteiger partial charge < -0.3 is 10.6 Å². The first kappa shape index (κ1) is 16.6. The molecule has 0 atom stereocenters. The Morgan fingerprint density at radius 2 is 2.12 bits per heavy atom. The van der Waals surface area contributed by atoms with Crippen molar-refractivity contribution in [3.8, 4) is 0 Å². The van der Waals surface area contributed by atoms with Crippen LogP contribution in [0.15, 0.2) is 28.1 Å². The topological polar surface area (TPSA) is 36.4 Å². The molecule has 96 valence electrons. The lowest BCUT2D eigenvalue weighted by Gasteiger charge is -2.11. The van der Waals surface area contributed by atoms with Crippen LogP contribution in [0.25, 0.3) is 0 Å². The second kappa shape index (κ2) is 8.63. The third kappa shape index (κ3) is 5.16. The highest BCUT2D eigenvalue weighted by molar-refractivity contribution is 14.0. The Balaban J connectivity index is 0.00000256. The Kier molecular flexibility index (Phi) is 8.41. The van der Waals surface area contributed by atoms with Crippen molar-refractivity contribution in [3.05, 3.63) is 29.3 Å². The molecule has 0 bridgehead atoms. The number of aryl methyl sites for hydroxylation is 1. The molecule has 5 heteroatoms. The van der Waals surface area contributed by atoms with Crippen molar-refractivity contribution < 1.29 is 0 Å². The summed E-state index contributed by atoms with van der Waals surface area (Å²) in [5, 5.41) is 6.26. The summed E-state index contributed by atoms with van der Waals surface area (Å²) in [6.07, 6.45) is 2.10. The minimum Gasteiger partial charge on any atom is -0.359 e. The van der Waals surface area contributed by atoms with E-state index in [2.05, 4.69) is 47.0 Å². The maximum atomic E-state index is 4.08.